The molecule has 21 heavy (non-hydrogen) atoms. The molecular formula is C15H12F3NO2. The van der Waals surface area contributed by atoms with Crippen LogP contribution >= 0.6 is 0 Å². The number of hydrogen-bond acceptors (Lipinski definition) is 2. The summed E-state index contributed by atoms with van der Waals surface area (Å²) in [5.74, 6) is 0.352. The molecule has 1 N–H and O–H groups in total. The Bertz CT molecular complexity index is 619. The van der Waals surface area contributed by atoms with E-state index in [1.54, 1.807) is 24.3 Å². The van der Waals surface area contributed by atoms with Crippen molar-refractivity contribution in [3.63, 3.8) is 0 Å². The third-order valence-corrected chi connectivity index (χ3v) is 2.69. The summed E-state index contributed by atoms with van der Waals surface area (Å²) >= 11 is 0. The summed E-state index contributed by atoms with van der Waals surface area (Å²) in [5, 5.41) is 2.36. The number of nitrogens with one attached hydrogen (secondary N) is 1. The van der Waals surface area contributed by atoms with E-state index in [4.69, 9.17) is 4.74 Å². The van der Waals surface area contributed by atoms with E-state index in [1.807, 2.05) is 6.92 Å². The number of carbonyl (C=O) groups excluding carboxylic acids is 1. The Kier molecular flexibility index (Phi) is 4.16. The van der Waals surface area contributed by atoms with Gasteiger partial charge in [-0.3, -0.25) is 5.32 Å². The lowest BCUT2D eigenvalue weighted by molar-refractivity contribution is -0.137. The van der Waals surface area contributed by atoms with E-state index in [1.165, 1.54) is 12.1 Å². The van der Waals surface area contributed by atoms with Crippen molar-refractivity contribution in [1.82, 2.24) is 0 Å². The van der Waals surface area contributed by atoms with Crippen LogP contribution in [-0.4, -0.2) is 6.09 Å². The number of carbonyl (C=O) groups is 1. The van der Waals surface area contributed by atoms with Crippen molar-refractivity contribution in [2.45, 2.75) is 13.1 Å². The molecular weight excluding hydrogens is 283 g/mol. The van der Waals surface area contributed by atoms with Crippen LogP contribution in [0, 0.1) is 6.92 Å². The largest absolute Gasteiger partial charge is 0.417 e. The second-order valence-electron chi connectivity index (χ2n) is 4.40. The molecule has 0 aliphatic rings. The van der Waals surface area contributed by atoms with Crippen LogP contribution in [0.15, 0.2) is 48.5 Å². The molecule has 0 unspecified atom stereocenters. The number of hydrogen-bond donors (Lipinski definition) is 1. The number of anilines is 1. The highest BCUT2D eigenvalue weighted by molar-refractivity contribution is 5.86. The third-order valence-electron chi connectivity index (χ3n) is 2.69. The topological polar surface area (TPSA) is 38.3 Å². The van der Waals surface area contributed by atoms with E-state index in [0.717, 1.165) is 17.7 Å². The SMILES string of the molecule is Cc1ccc(OC(=O)Nc2ccc(C(F)(F)F)cc2)cc1. The number of aryl methyl sites for hydroxylation is 1. The Morgan fingerprint density at radius 1 is 1.00 bits per heavy atom. The van der Waals surface area contributed by atoms with Crippen molar-refractivity contribution in [3.8, 4) is 5.75 Å². The molecule has 0 radical (unpaired) electrons. The van der Waals surface area contributed by atoms with Crippen molar-refractivity contribution >= 4 is 11.8 Å². The van der Waals surface area contributed by atoms with Crippen molar-refractivity contribution < 1.29 is 22.7 Å². The van der Waals surface area contributed by atoms with Gasteiger partial charge in [-0.1, -0.05) is 17.7 Å². The number of alkyl halides is 3. The first kappa shape index (κ1) is 14.9. The molecule has 2 rings (SSSR count). The molecule has 0 saturated carbocycles. The Hall–Kier alpha value is -2.50. The van der Waals surface area contributed by atoms with Gasteiger partial charge in [0.1, 0.15) is 5.75 Å². The summed E-state index contributed by atoms with van der Waals surface area (Å²) in [6, 6.07) is 10.9. The van der Waals surface area contributed by atoms with Crippen molar-refractivity contribution in [1.29, 1.82) is 0 Å². The van der Waals surface area contributed by atoms with Gasteiger partial charge in [-0.15, -0.1) is 0 Å². The molecule has 0 spiro atoms. The standard InChI is InChI=1S/C15H12F3NO2/c1-10-2-8-13(9-3-10)21-14(20)19-12-6-4-11(5-7-12)15(16,17)18/h2-9H,1H3,(H,19,20). The smallest absolute Gasteiger partial charge is 0.410 e. The van der Waals surface area contributed by atoms with Crippen molar-refractivity contribution in [2.75, 3.05) is 5.32 Å². The van der Waals surface area contributed by atoms with Gasteiger partial charge in [-0.25, -0.2) is 4.79 Å². The molecule has 3 nitrogen and oxygen atoms in total. The Morgan fingerprint density at radius 3 is 2.10 bits per heavy atom. The monoisotopic (exact) mass is 295 g/mol. The Balaban J connectivity index is 1.98. The summed E-state index contributed by atoms with van der Waals surface area (Å²) in [7, 11) is 0. The lowest BCUT2D eigenvalue weighted by atomic mass is 10.2. The molecule has 0 saturated heterocycles. The average Bonchev–Trinajstić information content (AvgIpc) is 2.41. The highest BCUT2D eigenvalue weighted by atomic mass is 19.4. The molecule has 0 bridgehead atoms. The van der Waals surface area contributed by atoms with Crippen LogP contribution in [0.25, 0.3) is 0 Å². The number of rotatable bonds is 2. The summed E-state index contributed by atoms with van der Waals surface area (Å²) in [4.78, 5) is 11.6. The molecule has 0 fully saturated rings. The molecule has 0 aromatic heterocycles. The number of halogens is 3. The molecule has 1 amide bonds. The fourth-order valence-electron chi connectivity index (χ4n) is 1.60. The van der Waals surface area contributed by atoms with E-state index in [0.29, 0.717) is 5.75 Å². The van der Waals surface area contributed by atoms with Crippen molar-refractivity contribution in [3.05, 3.63) is 59.7 Å². The zero-order chi connectivity index (χ0) is 15.5. The number of ether oxygens (including phenoxy) is 1. The summed E-state index contributed by atoms with van der Waals surface area (Å²) in [6.07, 6.45) is -5.17. The summed E-state index contributed by atoms with van der Waals surface area (Å²) in [6.45, 7) is 1.89. The maximum Gasteiger partial charge on any atom is 0.417 e. The van der Waals surface area contributed by atoms with Gasteiger partial charge in [0.15, 0.2) is 0 Å². The average molecular weight is 295 g/mol. The van der Waals surface area contributed by atoms with E-state index >= 15 is 0 Å². The van der Waals surface area contributed by atoms with E-state index in [9.17, 15) is 18.0 Å². The maximum absolute atomic E-state index is 12.4. The first-order chi connectivity index (χ1) is 9.84. The van der Waals surface area contributed by atoms with Crippen molar-refractivity contribution in [2.24, 2.45) is 0 Å². The third kappa shape index (κ3) is 4.24. The van der Waals surface area contributed by atoms with Crippen LogP contribution in [0.4, 0.5) is 23.7 Å². The maximum atomic E-state index is 12.4. The quantitative estimate of drug-likeness (QED) is 0.877. The van der Waals surface area contributed by atoms with Crippen LogP contribution in [0.2, 0.25) is 0 Å². The molecule has 0 atom stereocenters. The minimum atomic E-state index is -4.40. The van der Waals surface area contributed by atoms with Gasteiger partial charge in [-0.2, -0.15) is 13.2 Å². The fraction of sp³-hybridized carbons (Fsp3) is 0.133. The zero-order valence-electron chi connectivity index (χ0n) is 11.1. The predicted octanol–water partition coefficient (Wildman–Crippen LogP) is 4.62. The van der Waals surface area contributed by atoms with Gasteiger partial charge in [0.2, 0.25) is 0 Å². The van der Waals surface area contributed by atoms with Crippen LogP contribution in [0.1, 0.15) is 11.1 Å². The minimum Gasteiger partial charge on any atom is -0.410 e. The molecule has 110 valence electrons. The molecule has 2 aromatic rings. The first-order valence-electron chi connectivity index (χ1n) is 6.07. The zero-order valence-corrected chi connectivity index (χ0v) is 11.1. The van der Waals surface area contributed by atoms with Crippen LogP contribution in [0.3, 0.4) is 0 Å². The molecule has 2 aromatic carbocycles. The van der Waals surface area contributed by atoms with Gasteiger partial charge < -0.3 is 4.74 Å². The Morgan fingerprint density at radius 2 is 1.57 bits per heavy atom. The van der Waals surface area contributed by atoms with E-state index < -0.39 is 17.8 Å². The highest BCUT2D eigenvalue weighted by Crippen LogP contribution is 2.29. The van der Waals surface area contributed by atoms with Gasteiger partial charge >= 0.3 is 12.3 Å². The van der Waals surface area contributed by atoms with Gasteiger partial charge in [0, 0.05) is 5.69 Å². The van der Waals surface area contributed by atoms with Gasteiger partial charge in [-0.05, 0) is 43.3 Å². The predicted molar refractivity (Wildman–Crippen MR) is 72.3 cm³/mol. The van der Waals surface area contributed by atoms with Gasteiger partial charge in [0.25, 0.3) is 0 Å². The second kappa shape index (κ2) is 5.87. The number of amides is 1. The highest BCUT2D eigenvalue weighted by Gasteiger charge is 2.29. The van der Waals surface area contributed by atoms with Crippen LogP contribution in [0.5, 0.6) is 5.75 Å². The molecule has 0 aliphatic carbocycles. The van der Waals surface area contributed by atoms with E-state index in [-0.39, 0.29) is 5.69 Å². The summed E-state index contributed by atoms with van der Waals surface area (Å²) < 4.78 is 42.2. The molecule has 0 aliphatic heterocycles. The summed E-state index contributed by atoms with van der Waals surface area (Å²) in [5.41, 5.74) is 0.463. The minimum absolute atomic E-state index is 0.222. The number of benzene rings is 2. The first-order valence-corrected chi connectivity index (χ1v) is 6.07. The van der Waals surface area contributed by atoms with Crippen LogP contribution in [-0.2, 0) is 6.18 Å². The molecule has 6 heteroatoms. The second-order valence-corrected chi connectivity index (χ2v) is 4.40. The molecule has 0 heterocycles. The van der Waals surface area contributed by atoms with Gasteiger partial charge in [0.05, 0.1) is 5.56 Å². The normalized spacial score (nSPS) is 11.0. The lowest BCUT2D eigenvalue weighted by Crippen LogP contribution is -2.16. The van der Waals surface area contributed by atoms with E-state index in [2.05, 4.69) is 5.32 Å². The van der Waals surface area contributed by atoms with Crippen LogP contribution < -0.4 is 10.1 Å². The lowest BCUT2D eigenvalue weighted by Gasteiger charge is -2.09. The fourth-order valence-corrected chi connectivity index (χ4v) is 1.60. The Labute approximate surface area is 119 Å².